The first-order valence-corrected chi connectivity index (χ1v) is 8.47. The highest BCUT2D eigenvalue weighted by molar-refractivity contribution is 5.88. The number of rotatable bonds is 1. The largest absolute Gasteiger partial charge is 0.467 e. The zero-order valence-electron chi connectivity index (χ0n) is 13.8. The molecule has 0 aliphatic carbocycles. The van der Waals surface area contributed by atoms with Crippen molar-refractivity contribution in [3.8, 4) is 0 Å². The van der Waals surface area contributed by atoms with Gasteiger partial charge in [-0.05, 0) is 29.7 Å². The minimum absolute atomic E-state index is 0.0974. The molecule has 0 spiro atoms. The summed E-state index contributed by atoms with van der Waals surface area (Å²) in [7, 11) is 1.48. The maximum absolute atomic E-state index is 12.7. The van der Waals surface area contributed by atoms with E-state index in [0.717, 1.165) is 5.69 Å². The van der Waals surface area contributed by atoms with Gasteiger partial charge in [0.25, 0.3) is 0 Å². The van der Waals surface area contributed by atoms with Crippen molar-refractivity contribution < 1.29 is 9.53 Å². The Hall–Kier alpha value is -2.33. The highest BCUT2D eigenvalue weighted by Gasteiger charge is 2.58. The third-order valence-electron chi connectivity index (χ3n) is 5.96. The summed E-state index contributed by atoms with van der Waals surface area (Å²) in [6, 6.07) is 17.3. The summed E-state index contributed by atoms with van der Waals surface area (Å²) in [5.41, 5.74) is 4.47. The van der Waals surface area contributed by atoms with E-state index in [-0.39, 0.29) is 24.1 Å². The Morgan fingerprint density at radius 2 is 1.79 bits per heavy atom. The highest BCUT2D eigenvalue weighted by Crippen LogP contribution is 2.55. The molecule has 24 heavy (non-hydrogen) atoms. The Morgan fingerprint density at radius 1 is 1.12 bits per heavy atom. The lowest BCUT2D eigenvalue weighted by molar-refractivity contribution is -0.148. The van der Waals surface area contributed by atoms with Crippen LogP contribution in [0.3, 0.4) is 0 Å². The fourth-order valence-electron chi connectivity index (χ4n) is 4.99. The number of nitrogens with one attached hydrogen (secondary N) is 1. The molecule has 5 rings (SSSR count). The maximum Gasteiger partial charge on any atom is 0.331 e. The van der Waals surface area contributed by atoms with Gasteiger partial charge in [-0.1, -0.05) is 42.5 Å². The zero-order chi connectivity index (χ0) is 16.5. The van der Waals surface area contributed by atoms with Crippen molar-refractivity contribution in [2.45, 2.75) is 37.0 Å². The first kappa shape index (κ1) is 14.1. The molecule has 1 saturated heterocycles. The molecule has 0 saturated carbocycles. The molecule has 4 heteroatoms. The highest BCUT2D eigenvalue weighted by atomic mass is 16.5. The summed E-state index contributed by atoms with van der Waals surface area (Å²) in [5.74, 6) is 0.0896. The van der Waals surface area contributed by atoms with Crippen molar-refractivity contribution in [2.24, 2.45) is 0 Å². The van der Waals surface area contributed by atoms with Gasteiger partial charge < -0.3 is 9.64 Å². The van der Waals surface area contributed by atoms with Crippen molar-refractivity contribution >= 4 is 11.7 Å². The molecule has 2 bridgehead atoms. The van der Waals surface area contributed by atoms with Crippen LogP contribution >= 0.6 is 0 Å². The summed E-state index contributed by atoms with van der Waals surface area (Å²) in [6.45, 7) is 2.02. The second kappa shape index (κ2) is 4.61. The summed E-state index contributed by atoms with van der Waals surface area (Å²) in [6.07, 6.45) is 0.800. The molecular formula is C20H20N2O2. The van der Waals surface area contributed by atoms with Crippen LogP contribution < -0.4 is 10.2 Å². The Balaban J connectivity index is 1.81. The lowest BCUT2D eigenvalue weighted by Crippen LogP contribution is -2.67. The van der Waals surface area contributed by atoms with Gasteiger partial charge in [0.15, 0.2) is 0 Å². The van der Waals surface area contributed by atoms with Crippen molar-refractivity contribution in [2.75, 3.05) is 12.0 Å². The van der Waals surface area contributed by atoms with E-state index in [0.29, 0.717) is 6.42 Å². The number of carbonyl (C=O) groups is 1. The van der Waals surface area contributed by atoms with Crippen LogP contribution in [0, 0.1) is 0 Å². The van der Waals surface area contributed by atoms with Crippen LogP contribution in [0.4, 0.5) is 5.69 Å². The second-order valence-electron chi connectivity index (χ2n) is 7.17. The minimum atomic E-state index is -0.659. The van der Waals surface area contributed by atoms with E-state index in [4.69, 9.17) is 4.74 Å². The Labute approximate surface area is 141 Å². The van der Waals surface area contributed by atoms with Crippen molar-refractivity contribution in [1.29, 1.82) is 0 Å². The maximum atomic E-state index is 12.7. The molecule has 1 fully saturated rings. The number of methoxy groups -OCH3 is 1. The SMILES string of the molecule is COC(=O)[C@@]1(C)C[C@@H]2N[C@@H]3[C@H](c4ccccc42)c2ccccc2N31. The van der Waals surface area contributed by atoms with Crippen LogP contribution in [0.25, 0.3) is 0 Å². The van der Waals surface area contributed by atoms with Crippen LogP contribution in [0.15, 0.2) is 48.5 Å². The predicted molar refractivity (Wildman–Crippen MR) is 91.9 cm³/mol. The molecule has 2 aromatic rings. The lowest BCUT2D eigenvalue weighted by Gasteiger charge is -2.53. The molecule has 4 nitrogen and oxygen atoms in total. The number of benzene rings is 2. The van der Waals surface area contributed by atoms with Gasteiger partial charge in [-0.2, -0.15) is 0 Å². The summed E-state index contributed by atoms with van der Waals surface area (Å²) >= 11 is 0. The van der Waals surface area contributed by atoms with Crippen molar-refractivity contribution in [3.63, 3.8) is 0 Å². The molecule has 2 aromatic carbocycles. The first-order valence-electron chi connectivity index (χ1n) is 8.47. The van der Waals surface area contributed by atoms with E-state index < -0.39 is 5.54 Å². The monoisotopic (exact) mass is 320 g/mol. The molecule has 3 heterocycles. The molecular weight excluding hydrogens is 300 g/mol. The smallest absolute Gasteiger partial charge is 0.331 e. The number of para-hydroxylation sites is 1. The van der Waals surface area contributed by atoms with Gasteiger partial charge in [-0.3, -0.25) is 5.32 Å². The molecule has 3 aliphatic rings. The van der Waals surface area contributed by atoms with E-state index in [1.54, 1.807) is 0 Å². The zero-order valence-corrected chi connectivity index (χ0v) is 13.8. The molecule has 1 N–H and O–H groups in total. The average Bonchev–Trinajstić information content (AvgIpc) is 2.97. The van der Waals surface area contributed by atoms with Crippen LogP contribution in [0.5, 0.6) is 0 Å². The standard InChI is InChI=1S/C20H20N2O2/c1-20(19(23)24-2)11-15-12-7-3-4-8-13(12)17-14-9-5-6-10-16(14)22(20)18(17)21-15/h3-10,15,17-18,21H,11H2,1-2H3/t15-,17+,18-,20+/m0/s1. The Kier molecular flexibility index (Phi) is 2.70. The molecule has 0 amide bonds. The number of ether oxygens (including phenoxy) is 1. The van der Waals surface area contributed by atoms with E-state index in [2.05, 4.69) is 52.7 Å². The van der Waals surface area contributed by atoms with Gasteiger partial charge in [0.2, 0.25) is 0 Å². The topological polar surface area (TPSA) is 41.6 Å². The van der Waals surface area contributed by atoms with Crippen LogP contribution in [0.1, 0.15) is 42.0 Å². The molecule has 0 radical (unpaired) electrons. The van der Waals surface area contributed by atoms with Gasteiger partial charge in [-0.15, -0.1) is 0 Å². The van der Waals surface area contributed by atoms with Crippen LogP contribution in [-0.4, -0.2) is 24.8 Å². The molecule has 3 aliphatic heterocycles. The number of esters is 1. The summed E-state index contributed by atoms with van der Waals surface area (Å²) < 4.78 is 5.20. The second-order valence-corrected chi connectivity index (χ2v) is 7.17. The van der Waals surface area contributed by atoms with E-state index in [1.165, 1.54) is 23.8 Å². The van der Waals surface area contributed by atoms with Gasteiger partial charge >= 0.3 is 5.97 Å². The molecule has 122 valence electrons. The number of carbonyl (C=O) groups excluding carboxylic acids is 1. The van der Waals surface area contributed by atoms with Gasteiger partial charge in [-0.25, -0.2) is 4.79 Å². The van der Waals surface area contributed by atoms with E-state index in [9.17, 15) is 4.79 Å². The quantitative estimate of drug-likeness (QED) is 0.820. The third-order valence-corrected chi connectivity index (χ3v) is 5.96. The Bertz CT molecular complexity index is 849. The number of hydrogen-bond donors (Lipinski definition) is 1. The lowest BCUT2D eigenvalue weighted by atomic mass is 9.75. The predicted octanol–water partition coefficient (Wildman–Crippen LogP) is 2.94. The van der Waals surface area contributed by atoms with Gasteiger partial charge in [0.05, 0.1) is 13.3 Å². The molecule has 0 aromatic heterocycles. The first-order chi connectivity index (χ1) is 11.6. The number of anilines is 1. The van der Waals surface area contributed by atoms with Crippen molar-refractivity contribution in [1.82, 2.24) is 5.32 Å². The molecule has 4 atom stereocenters. The number of fused-ring (bicyclic) bond motifs is 7. The van der Waals surface area contributed by atoms with Crippen LogP contribution in [0.2, 0.25) is 0 Å². The van der Waals surface area contributed by atoms with Gasteiger partial charge in [0.1, 0.15) is 5.54 Å². The minimum Gasteiger partial charge on any atom is -0.467 e. The normalized spacial score (nSPS) is 32.1. The van der Waals surface area contributed by atoms with Crippen molar-refractivity contribution in [3.05, 3.63) is 65.2 Å². The number of nitrogens with zero attached hydrogens (tertiary/aromatic N) is 1. The molecule has 0 unspecified atom stereocenters. The summed E-state index contributed by atoms with van der Waals surface area (Å²) in [5, 5.41) is 3.77. The van der Waals surface area contributed by atoms with Crippen LogP contribution in [-0.2, 0) is 9.53 Å². The van der Waals surface area contributed by atoms with Gasteiger partial charge in [0, 0.05) is 24.1 Å². The van der Waals surface area contributed by atoms with E-state index >= 15 is 0 Å². The number of hydrogen-bond acceptors (Lipinski definition) is 4. The fraction of sp³-hybridized carbons (Fsp3) is 0.350. The fourth-order valence-corrected chi connectivity index (χ4v) is 4.99. The summed E-state index contributed by atoms with van der Waals surface area (Å²) in [4.78, 5) is 15.0. The third kappa shape index (κ3) is 1.54. The van der Waals surface area contributed by atoms with E-state index in [1.807, 2.05) is 13.0 Å². The average molecular weight is 320 g/mol. The Morgan fingerprint density at radius 3 is 2.54 bits per heavy atom.